The van der Waals surface area contributed by atoms with Crippen molar-refractivity contribution in [3.63, 3.8) is 0 Å². The van der Waals surface area contributed by atoms with Crippen LogP contribution in [0.4, 0.5) is 0 Å². The Morgan fingerprint density at radius 2 is 2.06 bits per heavy atom. The lowest BCUT2D eigenvalue weighted by Gasteiger charge is -2.19. The van der Waals surface area contributed by atoms with Gasteiger partial charge in [-0.05, 0) is 35.2 Å². The molecule has 3 aromatic heterocycles. The molecule has 1 aromatic carbocycles. The van der Waals surface area contributed by atoms with E-state index in [9.17, 15) is 4.79 Å². The maximum absolute atomic E-state index is 13.0. The topological polar surface area (TPSA) is 60.5 Å². The van der Waals surface area contributed by atoms with Gasteiger partial charge in [-0.15, -0.1) is 11.3 Å². The van der Waals surface area contributed by atoms with Gasteiger partial charge in [0.1, 0.15) is 11.5 Å². The van der Waals surface area contributed by atoms with Crippen molar-refractivity contribution in [2.75, 3.05) is 20.3 Å². The van der Waals surface area contributed by atoms with Gasteiger partial charge in [0.2, 0.25) is 5.91 Å². The van der Waals surface area contributed by atoms with Crippen molar-refractivity contribution < 1.29 is 13.9 Å². The fourth-order valence-corrected chi connectivity index (χ4v) is 4.07. The van der Waals surface area contributed by atoms with Crippen LogP contribution in [0.2, 0.25) is 0 Å². The number of hydrogen-bond donors (Lipinski definition) is 0. The molecule has 0 saturated heterocycles. The number of methoxy groups -OCH3 is 1. The Morgan fingerprint density at radius 3 is 2.78 bits per heavy atom. The molecule has 0 aliphatic heterocycles. The second kappa shape index (κ2) is 10.7. The molecule has 0 bridgehead atoms. The van der Waals surface area contributed by atoms with E-state index in [1.165, 1.54) is 5.56 Å². The number of carbonyl (C=O) groups excluding carboxylic acids is 1. The molecule has 4 aromatic rings. The van der Waals surface area contributed by atoms with Crippen LogP contribution in [-0.2, 0) is 22.6 Å². The molecular formula is C25H25N3O3S. The molecule has 0 aliphatic rings. The molecule has 0 N–H and O–H groups in total. The molecule has 0 unspecified atom stereocenters. The molecule has 0 atom stereocenters. The van der Waals surface area contributed by atoms with E-state index in [2.05, 4.69) is 12.1 Å². The van der Waals surface area contributed by atoms with Crippen LogP contribution in [0.5, 0.6) is 0 Å². The Bertz CT molecular complexity index is 1130. The summed E-state index contributed by atoms with van der Waals surface area (Å²) in [4.78, 5) is 15.7. The molecule has 0 fully saturated rings. The number of thiophene rings is 1. The highest BCUT2D eigenvalue weighted by Crippen LogP contribution is 2.28. The highest BCUT2D eigenvalue weighted by molar-refractivity contribution is 7.13. The minimum Gasteiger partial charge on any atom is -0.467 e. The first kappa shape index (κ1) is 21.8. The van der Waals surface area contributed by atoms with E-state index in [4.69, 9.17) is 14.3 Å². The van der Waals surface area contributed by atoms with E-state index in [0.29, 0.717) is 26.2 Å². The van der Waals surface area contributed by atoms with E-state index in [1.807, 2.05) is 64.8 Å². The largest absolute Gasteiger partial charge is 0.467 e. The fourth-order valence-electron chi connectivity index (χ4n) is 3.34. The van der Waals surface area contributed by atoms with E-state index < -0.39 is 0 Å². The standard InChI is InChI=1S/C25H25N3O3S/c1-30-15-13-27(19-22-9-5-14-31-22)24(29)12-11-21-18-28(17-20-7-3-2-4-8-20)26-25(21)23-10-6-16-32-23/h2-12,14,16,18H,13,15,17,19H2,1H3/b12-11+. The van der Waals surface area contributed by atoms with E-state index in [1.54, 1.807) is 35.7 Å². The van der Waals surface area contributed by atoms with Crippen LogP contribution in [0, 0.1) is 0 Å². The minimum absolute atomic E-state index is 0.105. The highest BCUT2D eigenvalue weighted by Gasteiger charge is 2.15. The average Bonchev–Trinajstić information content (AvgIpc) is 3.58. The first-order valence-electron chi connectivity index (χ1n) is 10.4. The number of nitrogens with zero attached hydrogens (tertiary/aromatic N) is 3. The maximum atomic E-state index is 13.0. The summed E-state index contributed by atoms with van der Waals surface area (Å²) < 4.78 is 12.5. The monoisotopic (exact) mass is 447 g/mol. The summed E-state index contributed by atoms with van der Waals surface area (Å²) in [6.07, 6.45) is 7.03. The van der Waals surface area contributed by atoms with Gasteiger partial charge in [0.25, 0.3) is 0 Å². The second-order valence-corrected chi connectivity index (χ2v) is 8.21. The number of ether oxygens (including phenoxy) is 1. The maximum Gasteiger partial charge on any atom is 0.247 e. The highest BCUT2D eigenvalue weighted by atomic mass is 32.1. The number of rotatable bonds is 10. The van der Waals surface area contributed by atoms with Crippen LogP contribution >= 0.6 is 11.3 Å². The summed E-state index contributed by atoms with van der Waals surface area (Å²) in [6.45, 7) is 1.99. The summed E-state index contributed by atoms with van der Waals surface area (Å²) in [7, 11) is 1.62. The average molecular weight is 448 g/mol. The van der Waals surface area contributed by atoms with Crippen LogP contribution in [0.3, 0.4) is 0 Å². The molecule has 0 spiro atoms. The van der Waals surface area contributed by atoms with Gasteiger partial charge in [-0.2, -0.15) is 5.10 Å². The Labute approximate surface area is 191 Å². The molecule has 4 rings (SSSR count). The zero-order valence-electron chi connectivity index (χ0n) is 17.9. The van der Waals surface area contributed by atoms with Gasteiger partial charge in [-0.1, -0.05) is 36.4 Å². The van der Waals surface area contributed by atoms with Crippen LogP contribution in [0.15, 0.2) is 82.9 Å². The van der Waals surface area contributed by atoms with Crippen LogP contribution < -0.4 is 0 Å². The van der Waals surface area contributed by atoms with Crippen LogP contribution in [0.1, 0.15) is 16.9 Å². The molecule has 164 valence electrons. The van der Waals surface area contributed by atoms with Crippen molar-refractivity contribution in [2.24, 2.45) is 0 Å². The zero-order chi connectivity index (χ0) is 22.2. The number of furan rings is 1. The Morgan fingerprint density at radius 1 is 1.19 bits per heavy atom. The van der Waals surface area contributed by atoms with Crippen molar-refractivity contribution in [1.29, 1.82) is 0 Å². The Hall–Kier alpha value is -3.42. The van der Waals surface area contributed by atoms with Crippen LogP contribution in [0.25, 0.3) is 16.6 Å². The third kappa shape index (κ3) is 5.63. The first-order valence-corrected chi connectivity index (χ1v) is 11.2. The quantitative estimate of drug-likeness (QED) is 0.323. The second-order valence-electron chi connectivity index (χ2n) is 7.26. The van der Waals surface area contributed by atoms with Crippen molar-refractivity contribution in [3.8, 4) is 10.6 Å². The van der Waals surface area contributed by atoms with Crippen molar-refractivity contribution in [2.45, 2.75) is 13.1 Å². The summed E-state index contributed by atoms with van der Waals surface area (Å²) in [6, 6.07) is 17.9. The minimum atomic E-state index is -0.105. The molecule has 32 heavy (non-hydrogen) atoms. The number of carbonyl (C=O) groups is 1. The van der Waals surface area contributed by atoms with E-state index in [-0.39, 0.29) is 5.91 Å². The molecule has 3 heterocycles. The number of aromatic nitrogens is 2. The molecular weight excluding hydrogens is 422 g/mol. The summed E-state index contributed by atoms with van der Waals surface area (Å²) in [5, 5.41) is 6.82. The predicted molar refractivity (Wildman–Crippen MR) is 126 cm³/mol. The normalized spacial score (nSPS) is 11.3. The van der Waals surface area contributed by atoms with Crippen LogP contribution in [-0.4, -0.2) is 40.8 Å². The number of amides is 1. The van der Waals surface area contributed by atoms with Gasteiger partial charge in [-0.3, -0.25) is 9.48 Å². The fraction of sp³-hybridized carbons (Fsp3) is 0.200. The smallest absolute Gasteiger partial charge is 0.247 e. The first-order chi connectivity index (χ1) is 15.7. The van der Waals surface area contributed by atoms with Gasteiger partial charge < -0.3 is 14.1 Å². The van der Waals surface area contributed by atoms with Gasteiger partial charge in [0.05, 0.1) is 30.8 Å². The van der Waals surface area contributed by atoms with E-state index in [0.717, 1.165) is 21.9 Å². The third-order valence-corrected chi connectivity index (χ3v) is 5.82. The summed E-state index contributed by atoms with van der Waals surface area (Å²) >= 11 is 1.63. The van der Waals surface area contributed by atoms with Crippen molar-refractivity contribution in [1.82, 2.24) is 14.7 Å². The lowest BCUT2D eigenvalue weighted by Crippen LogP contribution is -2.31. The van der Waals surface area contributed by atoms with Gasteiger partial charge >= 0.3 is 0 Å². The van der Waals surface area contributed by atoms with Gasteiger partial charge in [-0.25, -0.2) is 0 Å². The van der Waals surface area contributed by atoms with Crippen molar-refractivity contribution >= 4 is 23.3 Å². The lowest BCUT2D eigenvalue weighted by molar-refractivity contribution is -0.127. The third-order valence-electron chi connectivity index (χ3n) is 4.94. The van der Waals surface area contributed by atoms with E-state index >= 15 is 0 Å². The Kier molecular flexibility index (Phi) is 7.32. The molecule has 0 saturated carbocycles. The molecule has 0 radical (unpaired) electrons. The molecule has 7 heteroatoms. The number of benzene rings is 1. The number of hydrogen-bond acceptors (Lipinski definition) is 5. The zero-order valence-corrected chi connectivity index (χ0v) is 18.7. The molecule has 0 aliphatic carbocycles. The molecule has 1 amide bonds. The van der Waals surface area contributed by atoms with Crippen molar-refractivity contribution in [3.05, 3.63) is 95.4 Å². The lowest BCUT2D eigenvalue weighted by atomic mass is 10.2. The molecule has 6 nitrogen and oxygen atoms in total. The Balaban J connectivity index is 1.56. The van der Waals surface area contributed by atoms with Gasteiger partial charge in [0, 0.05) is 31.5 Å². The summed E-state index contributed by atoms with van der Waals surface area (Å²) in [5.74, 6) is 0.629. The van der Waals surface area contributed by atoms with Gasteiger partial charge in [0.15, 0.2) is 0 Å². The summed E-state index contributed by atoms with van der Waals surface area (Å²) in [5.41, 5.74) is 2.94. The predicted octanol–water partition coefficient (Wildman–Crippen LogP) is 4.94. The SMILES string of the molecule is COCCN(Cc1ccco1)C(=O)/C=C/c1cn(Cc2ccccc2)nc1-c1cccs1.